The Morgan fingerprint density at radius 1 is 1.08 bits per heavy atom. The maximum atomic E-state index is 3.62. The molecule has 0 spiro atoms. The molecule has 0 aromatic heterocycles. The summed E-state index contributed by atoms with van der Waals surface area (Å²) in [6.45, 7) is 1.22. The van der Waals surface area contributed by atoms with Crippen molar-refractivity contribution in [3.63, 3.8) is 0 Å². The molecule has 0 aromatic carbocycles. The molecule has 1 heteroatoms. The lowest BCUT2D eigenvalue weighted by molar-refractivity contribution is 0.482. The van der Waals surface area contributed by atoms with Gasteiger partial charge >= 0.3 is 0 Å². The molecule has 74 valence electrons. The minimum absolute atomic E-state index is 0.820. The summed E-state index contributed by atoms with van der Waals surface area (Å²) in [5.74, 6) is 0.820. The number of allylic oxidation sites excluding steroid dienone is 1. The number of hydrogen-bond acceptors (Lipinski definition) is 1. The van der Waals surface area contributed by atoms with Crippen LogP contribution in [0.1, 0.15) is 44.9 Å². The first-order valence-electron chi connectivity index (χ1n) is 5.85. The summed E-state index contributed by atoms with van der Waals surface area (Å²) in [4.78, 5) is 0. The average molecular weight is 179 g/mol. The van der Waals surface area contributed by atoms with Crippen LogP contribution in [0.5, 0.6) is 0 Å². The van der Waals surface area contributed by atoms with Crippen molar-refractivity contribution >= 4 is 0 Å². The summed E-state index contributed by atoms with van der Waals surface area (Å²) in [5, 5.41) is 3.62. The van der Waals surface area contributed by atoms with Crippen molar-refractivity contribution in [1.82, 2.24) is 5.32 Å². The van der Waals surface area contributed by atoms with Gasteiger partial charge in [0.15, 0.2) is 0 Å². The molecule has 1 fully saturated rings. The molecule has 0 saturated heterocycles. The van der Waals surface area contributed by atoms with Gasteiger partial charge in [-0.3, -0.25) is 0 Å². The predicted octanol–water partition coefficient (Wildman–Crippen LogP) is 2.87. The second kappa shape index (κ2) is 4.80. The number of hydrogen-bond donors (Lipinski definition) is 1. The number of nitrogens with one attached hydrogen (secondary N) is 1. The van der Waals surface area contributed by atoms with Gasteiger partial charge in [-0.1, -0.05) is 25.0 Å². The largest absolute Gasteiger partial charge is 0.313 e. The van der Waals surface area contributed by atoms with E-state index >= 15 is 0 Å². The van der Waals surface area contributed by atoms with Gasteiger partial charge in [0.1, 0.15) is 0 Å². The summed E-state index contributed by atoms with van der Waals surface area (Å²) < 4.78 is 0. The summed E-state index contributed by atoms with van der Waals surface area (Å²) in [6, 6.07) is 0.874. The standard InChI is InChI=1S/C12H21N/c1-2-4-6-11(7-5-3-1)10-13-12-8-9-12/h4,6,11-13H,1-3,5,7-10H2/b6-4-. The second-order valence-electron chi connectivity index (χ2n) is 4.51. The maximum absolute atomic E-state index is 3.62. The van der Waals surface area contributed by atoms with Crippen molar-refractivity contribution in [2.45, 2.75) is 51.0 Å². The normalized spacial score (nSPS) is 32.2. The zero-order chi connectivity index (χ0) is 8.93. The second-order valence-corrected chi connectivity index (χ2v) is 4.51. The number of rotatable bonds is 3. The molecule has 0 bridgehead atoms. The predicted molar refractivity (Wildman–Crippen MR) is 56.7 cm³/mol. The van der Waals surface area contributed by atoms with E-state index in [1.807, 2.05) is 0 Å². The van der Waals surface area contributed by atoms with Crippen molar-refractivity contribution in [3.8, 4) is 0 Å². The van der Waals surface area contributed by atoms with Crippen LogP contribution < -0.4 is 5.32 Å². The molecule has 2 aliphatic carbocycles. The zero-order valence-electron chi connectivity index (χ0n) is 8.47. The summed E-state index contributed by atoms with van der Waals surface area (Å²) in [5.41, 5.74) is 0. The van der Waals surface area contributed by atoms with Crippen LogP contribution in [-0.4, -0.2) is 12.6 Å². The Morgan fingerprint density at radius 2 is 2.00 bits per heavy atom. The Bertz CT molecular complexity index is 170. The topological polar surface area (TPSA) is 12.0 Å². The molecule has 0 amide bonds. The van der Waals surface area contributed by atoms with Crippen LogP contribution in [0.4, 0.5) is 0 Å². The lowest BCUT2D eigenvalue weighted by Crippen LogP contribution is -2.23. The van der Waals surface area contributed by atoms with E-state index in [-0.39, 0.29) is 0 Å². The van der Waals surface area contributed by atoms with Crippen LogP contribution in [0.15, 0.2) is 12.2 Å². The lowest BCUT2D eigenvalue weighted by atomic mass is 9.96. The first-order chi connectivity index (χ1) is 6.45. The van der Waals surface area contributed by atoms with Crippen molar-refractivity contribution in [1.29, 1.82) is 0 Å². The SMILES string of the molecule is C1=C\C(CNC2CC2)CCCCC/1. The average Bonchev–Trinajstić information content (AvgIpc) is 2.85. The Balaban J connectivity index is 1.70. The van der Waals surface area contributed by atoms with Crippen molar-refractivity contribution in [3.05, 3.63) is 12.2 Å². The summed E-state index contributed by atoms with van der Waals surface area (Å²) in [7, 11) is 0. The molecule has 0 aromatic rings. The van der Waals surface area contributed by atoms with E-state index in [0.717, 1.165) is 12.0 Å². The summed E-state index contributed by atoms with van der Waals surface area (Å²) in [6.07, 6.45) is 14.6. The van der Waals surface area contributed by atoms with Gasteiger partial charge in [-0.05, 0) is 38.0 Å². The van der Waals surface area contributed by atoms with E-state index in [4.69, 9.17) is 0 Å². The van der Waals surface area contributed by atoms with Crippen LogP contribution in [-0.2, 0) is 0 Å². The monoisotopic (exact) mass is 179 g/mol. The third-order valence-electron chi connectivity index (χ3n) is 3.10. The Kier molecular flexibility index (Phi) is 3.42. The third kappa shape index (κ3) is 3.51. The molecule has 0 aliphatic heterocycles. The van der Waals surface area contributed by atoms with E-state index < -0.39 is 0 Å². The van der Waals surface area contributed by atoms with Gasteiger partial charge in [-0.15, -0.1) is 0 Å². The first-order valence-corrected chi connectivity index (χ1v) is 5.85. The van der Waals surface area contributed by atoms with Crippen LogP contribution in [0.2, 0.25) is 0 Å². The highest BCUT2D eigenvalue weighted by molar-refractivity contribution is 4.92. The van der Waals surface area contributed by atoms with E-state index in [1.54, 1.807) is 0 Å². The first kappa shape index (κ1) is 9.26. The molecule has 1 nitrogen and oxygen atoms in total. The fourth-order valence-corrected chi connectivity index (χ4v) is 2.01. The molecule has 1 N–H and O–H groups in total. The van der Waals surface area contributed by atoms with Gasteiger partial charge < -0.3 is 5.32 Å². The van der Waals surface area contributed by atoms with Crippen LogP contribution in [0, 0.1) is 5.92 Å². The molecule has 1 unspecified atom stereocenters. The smallest absolute Gasteiger partial charge is 0.00684 e. The minimum Gasteiger partial charge on any atom is -0.313 e. The Morgan fingerprint density at radius 3 is 2.85 bits per heavy atom. The molecule has 2 rings (SSSR count). The van der Waals surface area contributed by atoms with Crippen molar-refractivity contribution in [2.24, 2.45) is 5.92 Å². The summed E-state index contributed by atoms with van der Waals surface area (Å²) >= 11 is 0. The van der Waals surface area contributed by atoms with Gasteiger partial charge in [0.25, 0.3) is 0 Å². The van der Waals surface area contributed by atoms with Gasteiger partial charge in [-0.25, -0.2) is 0 Å². The molecule has 0 heterocycles. The van der Waals surface area contributed by atoms with Crippen molar-refractivity contribution < 1.29 is 0 Å². The fraction of sp³-hybridized carbons (Fsp3) is 0.833. The van der Waals surface area contributed by atoms with Crippen LogP contribution in [0.25, 0.3) is 0 Å². The lowest BCUT2D eigenvalue weighted by Gasteiger charge is -2.15. The molecular formula is C12H21N. The minimum atomic E-state index is 0.820. The molecule has 1 saturated carbocycles. The van der Waals surface area contributed by atoms with E-state index in [0.29, 0.717) is 0 Å². The molecule has 13 heavy (non-hydrogen) atoms. The third-order valence-corrected chi connectivity index (χ3v) is 3.10. The van der Waals surface area contributed by atoms with Crippen molar-refractivity contribution in [2.75, 3.05) is 6.54 Å². The van der Waals surface area contributed by atoms with Crippen LogP contribution in [0.3, 0.4) is 0 Å². The maximum Gasteiger partial charge on any atom is 0.00684 e. The van der Waals surface area contributed by atoms with E-state index in [2.05, 4.69) is 17.5 Å². The van der Waals surface area contributed by atoms with Gasteiger partial charge in [0.2, 0.25) is 0 Å². The highest BCUT2D eigenvalue weighted by atomic mass is 14.9. The quantitative estimate of drug-likeness (QED) is 0.657. The molecule has 1 atom stereocenters. The molecule has 2 aliphatic rings. The molecule has 0 radical (unpaired) electrons. The fourth-order valence-electron chi connectivity index (χ4n) is 2.01. The van der Waals surface area contributed by atoms with E-state index in [1.165, 1.54) is 51.5 Å². The Labute approximate surface area is 81.6 Å². The van der Waals surface area contributed by atoms with Crippen LogP contribution >= 0.6 is 0 Å². The zero-order valence-corrected chi connectivity index (χ0v) is 8.47. The van der Waals surface area contributed by atoms with Gasteiger partial charge in [0.05, 0.1) is 0 Å². The highest BCUT2D eigenvalue weighted by Gasteiger charge is 2.21. The van der Waals surface area contributed by atoms with Gasteiger partial charge in [0, 0.05) is 12.6 Å². The molecular weight excluding hydrogens is 158 g/mol. The Hall–Kier alpha value is -0.300. The highest BCUT2D eigenvalue weighted by Crippen LogP contribution is 2.21. The van der Waals surface area contributed by atoms with Gasteiger partial charge in [-0.2, -0.15) is 0 Å². The van der Waals surface area contributed by atoms with E-state index in [9.17, 15) is 0 Å².